The third kappa shape index (κ3) is 6.14. The van der Waals surface area contributed by atoms with Crippen molar-refractivity contribution in [2.75, 3.05) is 44.6 Å². The van der Waals surface area contributed by atoms with Crippen molar-refractivity contribution in [3.8, 4) is 0 Å². The number of aryl methyl sites for hydroxylation is 1. The molecule has 0 spiro atoms. The molecule has 0 bridgehead atoms. The third-order valence-electron chi connectivity index (χ3n) is 4.59. The normalized spacial score (nSPS) is 17.1. The number of hydrogen-bond donors (Lipinski definition) is 2. The van der Waals surface area contributed by atoms with Crippen molar-refractivity contribution in [1.29, 1.82) is 0 Å². The average molecular weight is 346 g/mol. The molecule has 2 amide bonds. The van der Waals surface area contributed by atoms with E-state index in [4.69, 9.17) is 0 Å². The lowest BCUT2D eigenvalue weighted by Gasteiger charge is -2.37. The molecule has 6 nitrogen and oxygen atoms in total. The molecule has 0 radical (unpaired) electrons. The van der Waals surface area contributed by atoms with Gasteiger partial charge in [-0.2, -0.15) is 0 Å². The number of benzene rings is 1. The van der Waals surface area contributed by atoms with E-state index < -0.39 is 0 Å². The number of anilines is 1. The van der Waals surface area contributed by atoms with Crippen LogP contribution in [0.15, 0.2) is 24.3 Å². The number of carbonyl (C=O) groups excluding carboxylic acids is 2. The molecule has 1 heterocycles. The Morgan fingerprint density at radius 2 is 1.76 bits per heavy atom. The van der Waals surface area contributed by atoms with Crippen molar-refractivity contribution in [3.63, 3.8) is 0 Å². The van der Waals surface area contributed by atoms with Gasteiger partial charge in [0, 0.05) is 38.4 Å². The summed E-state index contributed by atoms with van der Waals surface area (Å²) >= 11 is 0. The highest BCUT2D eigenvalue weighted by molar-refractivity contribution is 5.94. The minimum absolute atomic E-state index is 0.0120. The van der Waals surface area contributed by atoms with Gasteiger partial charge in [0.15, 0.2) is 0 Å². The lowest BCUT2D eigenvalue weighted by Crippen LogP contribution is -2.54. The van der Waals surface area contributed by atoms with Crippen LogP contribution in [0.2, 0.25) is 0 Å². The molecule has 0 aliphatic carbocycles. The fourth-order valence-electron chi connectivity index (χ4n) is 2.88. The standard InChI is InChI=1S/C19H30N4O2/c1-4-9-20-18(24)14-22-10-12-23(13-11-22)16(3)19(25)21-17-7-5-15(2)6-8-17/h5-8,16H,4,9-14H2,1-3H3,(H,20,24)(H,21,25). The van der Waals surface area contributed by atoms with Gasteiger partial charge in [0.25, 0.3) is 0 Å². The van der Waals surface area contributed by atoms with Gasteiger partial charge in [-0.1, -0.05) is 24.6 Å². The largest absolute Gasteiger partial charge is 0.355 e. The van der Waals surface area contributed by atoms with E-state index in [2.05, 4.69) is 20.4 Å². The molecular formula is C19H30N4O2. The minimum atomic E-state index is -0.183. The van der Waals surface area contributed by atoms with E-state index in [1.54, 1.807) is 0 Å². The molecule has 0 aromatic heterocycles. The van der Waals surface area contributed by atoms with Crippen LogP contribution in [0, 0.1) is 6.92 Å². The lowest BCUT2D eigenvalue weighted by atomic mass is 10.2. The van der Waals surface area contributed by atoms with Crippen molar-refractivity contribution < 1.29 is 9.59 Å². The number of rotatable bonds is 7. The maximum absolute atomic E-state index is 12.4. The summed E-state index contributed by atoms with van der Waals surface area (Å²) in [6.45, 7) is 10.4. The topological polar surface area (TPSA) is 64.7 Å². The number of carbonyl (C=O) groups is 2. The van der Waals surface area contributed by atoms with Crippen molar-refractivity contribution in [3.05, 3.63) is 29.8 Å². The highest BCUT2D eigenvalue weighted by Gasteiger charge is 2.26. The van der Waals surface area contributed by atoms with Crippen LogP contribution in [-0.2, 0) is 9.59 Å². The van der Waals surface area contributed by atoms with E-state index in [9.17, 15) is 9.59 Å². The highest BCUT2D eigenvalue weighted by Crippen LogP contribution is 2.12. The second kappa shape index (κ2) is 9.53. The SMILES string of the molecule is CCCNC(=O)CN1CCN(C(C)C(=O)Nc2ccc(C)cc2)CC1. The predicted molar refractivity (Wildman–Crippen MR) is 101 cm³/mol. The van der Waals surface area contributed by atoms with Gasteiger partial charge in [0.2, 0.25) is 11.8 Å². The quantitative estimate of drug-likeness (QED) is 0.785. The van der Waals surface area contributed by atoms with Crippen LogP contribution >= 0.6 is 0 Å². The van der Waals surface area contributed by atoms with Crippen molar-refractivity contribution in [2.45, 2.75) is 33.2 Å². The molecule has 0 saturated carbocycles. The summed E-state index contributed by atoms with van der Waals surface area (Å²) in [5.41, 5.74) is 2.00. The first-order valence-corrected chi connectivity index (χ1v) is 9.10. The Hall–Kier alpha value is -1.92. The number of nitrogens with zero attached hydrogens (tertiary/aromatic N) is 2. The first kappa shape index (κ1) is 19.4. The van der Waals surface area contributed by atoms with Crippen molar-refractivity contribution >= 4 is 17.5 Å². The van der Waals surface area contributed by atoms with E-state index in [1.807, 2.05) is 45.0 Å². The fraction of sp³-hybridized carbons (Fsp3) is 0.579. The van der Waals surface area contributed by atoms with Gasteiger partial charge < -0.3 is 10.6 Å². The van der Waals surface area contributed by atoms with E-state index in [0.29, 0.717) is 6.54 Å². The molecule has 1 unspecified atom stereocenters. The van der Waals surface area contributed by atoms with Crippen LogP contribution in [0.4, 0.5) is 5.69 Å². The Labute approximate surface area is 150 Å². The molecule has 2 N–H and O–H groups in total. The molecule has 2 rings (SSSR count). The first-order valence-electron chi connectivity index (χ1n) is 9.10. The number of hydrogen-bond acceptors (Lipinski definition) is 4. The zero-order valence-electron chi connectivity index (χ0n) is 15.5. The molecule has 1 aromatic carbocycles. The monoisotopic (exact) mass is 346 g/mol. The van der Waals surface area contributed by atoms with Gasteiger partial charge in [0.05, 0.1) is 12.6 Å². The van der Waals surface area contributed by atoms with Gasteiger partial charge in [0.1, 0.15) is 0 Å². The maximum atomic E-state index is 12.4. The van der Waals surface area contributed by atoms with Gasteiger partial charge in [-0.15, -0.1) is 0 Å². The maximum Gasteiger partial charge on any atom is 0.241 e. The third-order valence-corrected chi connectivity index (χ3v) is 4.59. The van der Waals surface area contributed by atoms with E-state index in [1.165, 1.54) is 5.56 Å². The zero-order chi connectivity index (χ0) is 18.2. The zero-order valence-corrected chi connectivity index (χ0v) is 15.5. The molecule has 1 atom stereocenters. The number of amides is 2. The summed E-state index contributed by atoms with van der Waals surface area (Å²) in [4.78, 5) is 28.5. The van der Waals surface area contributed by atoms with Crippen molar-refractivity contribution in [2.24, 2.45) is 0 Å². The first-order chi connectivity index (χ1) is 12.0. The van der Waals surface area contributed by atoms with E-state index in [-0.39, 0.29) is 17.9 Å². The Balaban J connectivity index is 1.76. The highest BCUT2D eigenvalue weighted by atomic mass is 16.2. The van der Waals surface area contributed by atoms with Gasteiger partial charge in [-0.3, -0.25) is 19.4 Å². The smallest absolute Gasteiger partial charge is 0.241 e. The summed E-state index contributed by atoms with van der Waals surface area (Å²) in [5, 5.41) is 5.88. The van der Waals surface area contributed by atoms with Crippen LogP contribution in [0.1, 0.15) is 25.8 Å². The van der Waals surface area contributed by atoms with Gasteiger partial charge >= 0.3 is 0 Å². The molecule has 6 heteroatoms. The molecule has 1 aromatic rings. The van der Waals surface area contributed by atoms with Crippen molar-refractivity contribution in [1.82, 2.24) is 15.1 Å². The molecule has 1 saturated heterocycles. The van der Waals surface area contributed by atoms with Gasteiger partial charge in [-0.05, 0) is 32.4 Å². The fourth-order valence-corrected chi connectivity index (χ4v) is 2.88. The summed E-state index contributed by atoms with van der Waals surface area (Å²) < 4.78 is 0. The Bertz CT molecular complexity index is 565. The Kier molecular flexibility index (Phi) is 7.40. The van der Waals surface area contributed by atoms with Crippen LogP contribution < -0.4 is 10.6 Å². The summed E-state index contributed by atoms with van der Waals surface area (Å²) in [6, 6.07) is 7.64. The lowest BCUT2D eigenvalue weighted by molar-refractivity contribution is -0.124. The van der Waals surface area contributed by atoms with E-state index >= 15 is 0 Å². The van der Waals surface area contributed by atoms with E-state index in [0.717, 1.165) is 44.8 Å². The summed E-state index contributed by atoms with van der Waals surface area (Å²) in [5.74, 6) is 0.0958. The molecule has 1 aliphatic heterocycles. The molecule has 1 aliphatic rings. The Morgan fingerprint density at radius 1 is 1.12 bits per heavy atom. The average Bonchev–Trinajstić information content (AvgIpc) is 2.62. The molecule has 1 fully saturated rings. The number of piperazine rings is 1. The second-order valence-electron chi connectivity index (χ2n) is 6.69. The van der Waals surface area contributed by atoms with Gasteiger partial charge in [-0.25, -0.2) is 0 Å². The molecule has 138 valence electrons. The second-order valence-corrected chi connectivity index (χ2v) is 6.69. The minimum Gasteiger partial charge on any atom is -0.355 e. The molecular weight excluding hydrogens is 316 g/mol. The molecule has 25 heavy (non-hydrogen) atoms. The van der Waals surface area contributed by atoms with Crippen LogP contribution in [0.3, 0.4) is 0 Å². The van der Waals surface area contributed by atoms with Crippen LogP contribution in [0.5, 0.6) is 0 Å². The van der Waals surface area contributed by atoms with Crippen LogP contribution in [0.25, 0.3) is 0 Å². The Morgan fingerprint density at radius 3 is 2.36 bits per heavy atom. The number of nitrogens with one attached hydrogen (secondary N) is 2. The van der Waals surface area contributed by atoms with Crippen LogP contribution in [-0.4, -0.2) is 66.9 Å². The predicted octanol–water partition coefficient (Wildman–Crippen LogP) is 1.47. The summed E-state index contributed by atoms with van der Waals surface area (Å²) in [7, 11) is 0. The summed E-state index contributed by atoms with van der Waals surface area (Å²) in [6.07, 6.45) is 0.952.